The van der Waals surface area contributed by atoms with Crippen LogP contribution in [0.1, 0.15) is 40.7 Å². The highest BCUT2D eigenvalue weighted by Crippen LogP contribution is 2.22. The molecular weight excluding hydrogens is 378 g/mol. The largest absolute Gasteiger partial charge is 0.497 e. The Kier molecular flexibility index (Phi) is 6.72. The molecule has 0 unspecified atom stereocenters. The Morgan fingerprint density at radius 2 is 2.00 bits per heavy atom. The van der Waals surface area contributed by atoms with E-state index in [1.165, 1.54) is 0 Å². The average Bonchev–Trinajstić information content (AvgIpc) is 3.08. The van der Waals surface area contributed by atoms with Crippen molar-refractivity contribution < 1.29 is 9.53 Å². The molecule has 1 N–H and O–H groups in total. The Morgan fingerprint density at radius 3 is 2.70 bits per heavy atom. The summed E-state index contributed by atoms with van der Waals surface area (Å²) in [5, 5.41) is 7.59. The second-order valence-corrected chi connectivity index (χ2v) is 7.88. The van der Waals surface area contributed by atoms with Gasteiger partial charge in [-0.3, -0.25) is 4.79 Å². The van der Waals surface area contributed by atoms with E-state index in [0.29, 0.717) is 19.4 Å². The average molecular weight is 410 g/mol. The fourth-order valence-corrected chi connectivity index (χ4v) is 3.79. The van der Waals surface area contributed by atoms with Gasteiger partial charge in [-0.1, -0.05) is 12.1 Å². The Morgan fingerprint density at radius 1 is 1.23 bits per heavy atom. The lowest BCUT2D eigenvalue weighted by molar-refractivity contribution is -0.121. The fraction of sp³-hybridized carbons (Fsp3) is 0.435. The highest BCUT2D eigenvalue weighted by atomic mass is 16.5. The highest BCUT2D eigenvalue weighted by Gasteiger charge is 2.17. The van der Waals surface area contributed by atoms with Crippen LogP contribution in [0, 0.1) is 20.8 Å². The summed E-state index contributed by atoms with van der Waals surface area (Å²) in [6.45, 7) is 6.52. The molecule has 2 heterocycles. The second kappa shape index (κ2) is 9.26. The first-order valence-electron chi connectivity index (χ1n) is 10.2. The van der Waals surface area contributed by atoms with Crippen molar-refractivity contribution in [2.45, 2.75) is 39.7 Å². The summed E-state index contributed by atoms with van der Waals surface area (Å²) in [7, 11) is 5.68. The van der Waals surface area contributed by atoms with Crippen LogP contribution in [-0.4, -0.2) is 53.2 Å². The molecular formula is C23H31N5O2. The van der Waals surface area contributed by atoms with E-state index in [9.17, 15) is 4.79 Å². The summed E-state index contributed by atoms with van der Waals surface area (Å²) in [4.78, 5) is 19.3. The van der Waals surface area contributed by atoms with E-state index in [0.717, 1.165) is 39.6 Å². The van der Waals surface area contributed by atoms with E-state index < -0.39 is 0 Å². The van der Waals surface area contributed by atoms with Gasteiger partial charge in [0.15, 0.2) is 5.65 Å². The predicted octanol–water partition coefficient (Wildman–Crippen LogP) is 3.01. The number of amides is 1. The Balaban J connectivity index is 1.64. The fourth-order valence-electron chi connectivity index (χ4n) is 3.79. The van der Waals surface area contributed by atoms with Crippen LogP contribution in [0.2, 0.25) is 0 Å². The number of hydrogen-bond donors (Lipinski definition) is 1. The summed E-state index contributed by atoms with van der Waals surface area (Å²) < 4.78 is 7.19. The highest BCUT2D eigenvalue weighted by molar-refractivity contribution is 5.76. The Hall–Kier alpha value is -2.93. The summed E-state index contributed by atoms with van der Waals surface area (Å²) in [5.74, 6) is 0.841. The maximum absolute atomic E-state index is 12.6. The maximum atomic E-state index is 12.6. The molecule has 0 aliphatic heterocycles. The predicted molar refractivity (Wildman–Crippen MR) is 118 cm³/mol. The number of fused-ring (bicyclic) bond motifs is 1. The first-order chi connectivity index (χ1) is 14.3. The van der Waals surface area contributed by atoms with Crippen molar-refractivity contribution in [1.82, 2.24) is 24.8 Å². The Bertz CT molecular complexity index is 1040. The molecule has 1 amide bonds. The molecule has 0 saturated carbocycles. The van der Waals surface area contributed by atoms with Crippen LogP contribution in [-0.2, 0) is 11.2 Å². The van der Waals surface area contributed by atoms with Crippen molar-refractivity contribution in [1.29, 1.82) is 0 Å². The van der Waals surface area contributed by atoms with Crippen molar-refractivity contribution in [3.8, 4) is 5.75 Å². The molecule has 0 aliphatic rings. The lowest BCUT2D eigenvalue weighted by Crippen LogP contribution is -2.34. The zero-order valence-electron chi connectivity index (χ0n) is 18.7. The van der Waals surface area contributed by atoms with Gasteiger partial charge in [0.2, 0.25) is 5.91 Å². The third kappa shape index (κ3) is 4.79. The first kappa shape index (κ1) is 21.8. The number of aryl methyl sites for hydroxylation is 3. The van der Waals surface area contributed by atoms with Gasteiger partial charge in [0.05, 0.1) is 18.8 Å². The number of hydrogen-bond acceptors (Lipinski definition) is 5. The van der Waals surface area contributed by atoms with E-state index in [1.54, 1.807) is 7.11 Å². The number of benzene rings is 1. The van der Waals surface area contributed by atoms with Crippen LogP contribution >= 0.6 is 0 Å². The first-order valence-corrected chi connectivity index (χ1v) is 10.2. The molecule has 1 aromatic carbocycles. The summed E-state index contributed by atoms with van der Waals surface area (Å²) in [6, 6.07) is 9.99. The molecule has 0 saturated heterocycles. The molecule has 30 heavy (non-hydrogen) atoms. The van der Waals surface area contributed by atoms with Crippen LogP contribution in [0.25, 0.3) is 5.65 Å². The molecule has 7 heteroatoms. The van der Waals surface area contributed by atoms with Gasteiger partial charge in [0.1, 0.15) is 5.75 Å². The lowest BCUT2D eigenvalue weighted by atomic mass is 10.0. The molecule has 3 rings (SSSR count). The molecule has 0 aliphatic carbocycles. The van der Waals surface area contributed by atoms with E-state index >= 15 is 0 Å². The molecule has 0 bridgehead atoms. The molecule has 0 spiro atoms. The van der Waals surface area contributed by atoms with Crippen LogP contribution in [0.3, 0.4) is 0 Å². The lowest BCUT2D eigenvalue weighted by Gasteiger charge is -2.25. The third-order valence-electron chi connectivity index (χ3n) is 5.48. The van der Waals surface area contributed by atoms with Gasteiger partial charge in [-0.15, -0.1) is 0 Å². The number of likely N-dealkylation sites (N-methyl/N-ethyl adjacent to an activating group) is 1. The molecule has 1 atom stereocenters. The minimum absolute atomic E-state index is 0.0280. The number of carbonyl (C=O) groups excluding carboxylic acids is 1. The number of carbonyl (C=O) groups is 1. The van der Waals surface area contributed by atoms with Gasteiger partial charge in [-0.25, -0.2) is 9.50 Å². The van der Waals surface area contributed by atoms with Gasteiger partial charge in [0.25, 0.3) is 0 Å². The van der Waals surface area contributed by atoms with Gasteiger partial charge < -0.3 is 15.0 Å². The SMILES string of the molecule is COc1cccc([C@H](CNC(=O)CCc2c(C)nc3cc(C)nn3c2C)N(C)C)c1. The maximum Gasteiger partial charge on any atom is 0.220 e. The van der Waals surface area contributed by atoms with Crippen LogP contribution < -0.4 is 10.1 Å². The summed E-state index contributed by atoms with van der Waals surface area (Å²) in [6.07, 6.45) is 1.05. The van der Waals surface area contributed by atoms with Crippen LogP contribution in [0.15, 0.2) is 30.3 Å². The minimum atomic E-state index is 0.0280. The number of nitrogens with zero attached hydrogens (tertiary/aromatic N) is 4. The molecule has 3 aromatic rings. The van der Waals surface area contributed by atoms with E-state index in [-0.39, 0.29) is 11.9 Å². The number of aromatic nitrogens is 3. The number of methoxy groups -OCH3 is 1. The molecule has 160 valence electrons. The van der Waals surface area contributed by atoms with Gasteiger partial charge in [-0.2, -0.15) is 5.10 Å². The smallest absolute Gasteiger partial charge is 0.220 e. The number of rotatable bonds is 8. The van der Waals surface area contributed by atoms with Crippen molar-refractivity contribution in [3.05, 3.63) is 58.5 Å². The number of ether oxygens (including phenoxy) is 1. The van der Waals surface area contributed by atoms with Crippen molar-refractivity contribution in [3.63, 3.8) is 0 Å². The van der Waals surface area contributed by atoms with E-state index in [2.05, 4.69) is 26.4 Å². The molecule has 7 nitrogen and oxygen atoms in total. The van der Waals surface area contributed by atoms with Gasteiger partial charge in [0, 0.05) is 30.4 Å². The number of nitrogens with one attached hydrogen (secondary N) is 1. The van der Waals surface area contributed by atoms with Crippen molar-refractivity contribution in [2.24, 2.45) is 0 Å². The summed E-state index contributed by atoms with van der Waals surface area (Å²) in [5.41, 5.74) is 5.97. The Labute approximate surface area is 178 Å². The second-order valence-electron chi connectivity index (χ2n) is 7.88. The molecule has 2 aromatic heterocycles. The normalized spacial score (nSPS) is 12.4. The van der Waals surface area contributed by atoms with Crippen LogP contribution in [0.5, 0.6) is 5.75 Å². The zero-order chi connectivity index (χ0) is 21.8. The molecule has 0 radical (unpaired) electrons. The van der Waals surface area contributed by atoms with E-state index in [4.69, 9.17) is 4.74 Å². The third-order valence-corrected chi connectivity index (χ3v) is 5.48. The van der Waals surface area contributed by atoms with Gasteiger partial charge >= 0.3 is 0 Å². The topological polar surface area (TPSA) is 71.8 Å². The van der Waals surface area contributed by atoms with E-state index in [1.807, 2.05) is 63.6 Å². The standard InChI is InChI=1S/C23H31N5O2/c1-15-12-22-25-16(2)20(17(3)28(22)26-15)10-11-23(29)24-14-21(27(4)5)18-8-7-9-19(13-18)30-6/h7-9,12-13,21H,10-11,14H2,1-6H3,(H,24,29)/t21-/m0/s1. The van der Waals surface area contributed by atoms with Gasteiger partial charge in [-0.05, 0) is 64.5 Å². The minimum Gasteiger partial charge on any atom is -0.497 e. The van der Waals surface area contributed by atoms with Crippen molar-refractivity contribution >= 4 is 11.6 Å². The quantitative estimate of drug-likeness (QED) is 0.619. The molecule has 0 fully saturated rings. The monoisotopic (exact) mass is 409 g/mol. The summed E-state index contributed by atoms with van der Waals surface area (Å²) >= 11 is 0. The van der Waals surface area contributed by atoms with Crippen molar-refractivity contribution in [2.75, 3.05) is 27.7 Å². The van der Waals surface area contributed by atoms with Crippen LogP contribution in [0.4, 0.5) is 0 Å². The zero-order valence-corrected chi connectivity index (χ0v) is 18.7.